The molecule has 1 heterocycles. The standard InChI is InChI=1S/C10H16N4O4/c1-6(15)12-7(10(16)17)5-11-8-4-9(18-3)14(2)13-8/h4,7H,5H2,1-3H3,(H,11,13)(H,12,15)(H,16,17). The fraction of sp³-hybridized carbons (Fsp3) is 0.500. The van der Waals surface area contributed by atoms with Crippen LogP contribution in [0.2, 0.25) is 0 Å². The molecular weight excluding hydrogens is 240 g/mol. The highest BCUT2D eigenvalue weighted by molar-refractivity contribution is 5.82. The van der Waals surface area contributed by atoms with Crippen LogP contribution in [0.25, 0.3) is 0 Å². The summed E-state index contributed by atoms with van der Waals surface area (Å²) in [5.41, 5.74) is 0. The summed E-state index contributed by atoms with van der Waals surface area (Å²) in [7, 11) is 3.21. The van der Waals surface area contributed by atoms with Gasteiger partial charge in [0.05, 0.1) is 7.11 Å². The zero-order valence-electron chi connectivity index (χ0n) is 10.4. The Morgan fingerprint density at radius 2 is 2.28 bits per heavy atom. The van der Waals surface area contributed by atoms with E-state index in [1.807, 2.05) is 0 Å². The summed E-state index contributed by atoms with van der Waals surface area (Å²) in [6, 6.07) is 0.627. The van der Waals surface area contributed by atoms with E-state index in [1.165, 1.54) is 18.7 Å². The van der Waals surface area contributed by atoms with Crippen LogP contribution in [-0.4, -0.2) is 46.5 Å². The third-order valence-electron chi connectivity index (χ3n) is 2.21. The number of aryl methyl sites for hydroxylation is 1. The Balaban J connectivity index is 2.60. The van der Waals surface area contributed by atoms with Gasteiger partial charge in [-0.2, -0.15) is 5.10 Å². The molecule has 3 N–H and O–H groups in total. The van der Waals surface area contributed by atoms with Gasteiger partial charge in [-0.05, 0) is 0 Å². The molecule has 1 rings (SSSR count). The van der Waals surface area contributed by atoms with Gasteiger partial charge in [0.2, 0.25) is 11.8 Å². The number of hydrogen-bond donors (Lipinski definition) is 3. The van der Waals surface area contributed by atoms with Crippen molar-refractivity contribution in [1.82, 2.24) is 15.1 Å². The average molecular weight is 256 g/mol. The third kappa shape index (κ3) is 3.65. The first kappa shape index (κ1) is 13.8. The minimum absolute atomic E-state index is 0.0368. The van der Waals surface area contributed by atoms with E-state index in [1.54, 1.807) is 13.1 Å². The number of carboxylic acids is 1. The Kier molecular flexibility index (Phi) is 4.52. The summed E-state index contributed by atoms with van der Waals surface area (Å²) in [5, 5.41) is 18.1. The van der Waals surface area contributed by atoms with Crippen LogP contribution in [0.1, 0.15) is 6.92 Å². The molecule has 1 aromatic rings. The Bertz CT molecular complexity index is 443. The predicted octanol–water partition coefficient (Wildman–Crippen LogP) is -0.570. The number of ether oxygens (including phenoxy) is 1. The number of nitrogens with one attached hydrogen (secondary N) is 2. The van der Waals surface area contributed by atoms with Crippen molar-refractivity contribution in [2.24, 2.45) is 7.05 Å². The first-order valence-corrected chi connectivity index (χ1v) is 5.26. The number of methoxy groups -OCH3 is 1. The summed E-state index contributed by atoms with van der Waals surface area (Å²) >= 11 is 0. The summed E-state index contributed by atoms with van der Waals surface area (Å²) in [6.45, 7) is 1.30. The lowest BCUT2D eigenvalue weighted by molar-refractivity contribution is -0.141. The van der Waals surface area contributed by atoms with E-state index in [2.05, 4.69) is 15.7 Å². The lowest BCUT2D eigenvalue weighted by Crippen LogP contribution is -2.44. The minimum atomic E-state index is -1.11. The molecule has 0 aliphatic rings. The van der Waals surface area contributed by atoms with Gasteiger partial charge in [0.15, 0.2) is 5.82 Å². The van der Waals surface area contributed by atoms with E-state index < -0.39 is 17.9 Å². The van der Waals surface area contributed by atoms with Crippen molar-refractivity contribution in [1.29, 1.82) is 0 Å². The van der Waals surface area contributed by atoms with E-state index in [0.29, 0.717) is 11.7 Å². The van der Waals surface area contributed by atoms with Crippen LogP contribution in [0, 0.1) is 0 Å². The fourth-order valence-corrected chi connectivity index (χ4v) is 1.38. The van der Waals surface area contributed by atoms with Crippen LogP contribution in [-0.2, 0) is 16.6 Å². The van der Waals surface area contributed by atoms with Gasteiger partial charge in [0.1, 0.15) is 6.04 Å². The van der Waals surface area contributed by atoms with Crippen LogP contribution in [0.4, 0.5) is 5.82 Å². The monoisotopic (exact) mass is 256 g/mol. The molecule has 1 unspecified atom stereocenters. The van der Waals surface area contributed by atoms with Crippen LogP contribution in [0.3, 0.4) is 0 Å². The molecule has 8 heteroatoms. The fourth-order valence-electron chi connectivity index (χ4n) is 1.38. The topological polar surface area (TPSA) is 105 Å². The van der Waals surface area contributed by atoms with E-state index in [9.17, 15) is 9.59 Å². The lowest BCUT2D eigenvalue weighted by Gasteiger charge is -2.13. The zero-order chi connectivity index (χ0) is 13.7. The number of anilines is 1. The molecule has 0 spiro atoms. The molecule has 0 radical (unpaired) electrons. The Morgan fingerprint density at radius 3 is 2.72 bits per heavy atom. The van der Waals surface area contributed by atoms with E-state index in [0.717, 1.165) is 0 Å². The predicted molar refractivity (Wildman–Crippen MR) is 63.5 cm³/mol. The van der Waals surface area contributed by atoms with Gasteiger partial charge in [-0.25, -0.2) is 9.48 Å². The third-order valence-corrected chi connectivity index (χ3v) is 2.21. The highest BCUT2D eigenvalue weighted by atomic mass is 16.5. The van der Waals surface area contributed by atoms with Crippen LogP contribution in [0.15, 0.2) is 6.07 Å². The number of hydrogen-bond acceptors (Lipinski definition) is 5. The number of rotatable bonds is 6. The molecule has 8 nitrogen and oxygen atoms in total. The van der Waals surface area contributed by atoms with Gasteiger partial charge in [0, 0.05) is 26.6 Å². The maximum Gasteiger partial charge on any atom is 0.328 e. The Morgan fingerprint density at radius 1 is 1.61 bits per heavy atom. The average Bonchev–Trinajstić information content (AvgIpc) is 2.64. The summed E-state index contributed by atoms with van der Waals surface area (Å²) < 4.78 is 6.53. The molecular formula is C10H16N4O4. The van der Waals surface area contributed by atoms with Gasteiger partial charge >= 0.3 is 5.97 Å². The summed E-state index contributed by atoms with van der Waals surface area (Å²) in [5.74, 6) is -0.488. The van der Waals surface area contributed by atoms with Crippen molar-refractivity contribution in [3.8, 4) is 5.88 Å². The van der Waals surface area contributed by atoms with Gasteiger partial charge in [-0.3, -0.25) is 4.79 Å². The molecule has 0 aliphatic heterocycles. The van der Waals surface area contributed by atoms with Gasteiger partial charge in [0.25, 0.3) is 0 Å². The van der Waals surface area contributed by atoms with E-state index in [-0.39, 0.29) is 6.54 Å². The molecule has 0 bridgehead atoms. The molecule has 1 aromatic heterocycles. The summed E-state index contributed by atoms with van der Waals surface area (Å²) in [6.07, 6.45) is 0. The number of amides is 1. The van der Waals surface area contributed by atoms with Crippen molar-refractivity contribution in [3.63, 3.8) is 0 Å². The highest BCUT2D eigenvalue weighted by Crippen LogP contribution is 2.14. The van der Waals surface area contributed by atoms with E-state index in [4.69, 9.17) is 9.84 Å². The highest BCUT2D eigenvalue weighted by Gasteiger charge is 2.18. The first-order valence-electron chi connectivity index (χ1n) is 5.26. The van der Waals surface area contributed by atoms with Crippen LogP contribution < -0.4 is 15.4 Å². The molecule has 0 fully saturated rings. The van der Waals surface area contributed by atoms with Crippen molar-refractivity contribution < 1.29 is 19.4 Å². The molecule has 0 saturated heterocycles. The van der Waals surface area contributed by atoms with Crippen molar-refractivity contribution in [3.05, 3.63) is 6.07 Å². The molecule has 1 amide bonds. The smallest absolute Gasteiger partial charge is 0.328 e. The van der Waals surface area contributed by atoms with Crippen LogP contribution in [0.5, 0.6) is 5.88 Å². The normalized spacial score (nSPS) is 11.7. The molecule has 0 aromatic carbocycles. The Hall–Kier alpha value is -2.25. The van der Waals surface area contributed by atoms with Gasteiger partial charge in [-0.1, -0.05) is 0 Å². The van der Waals surface area contributed by atoms with Crippen molar-refractivity contribution >= 4 is 17.7 Å². The maximum atomic E-state index is 10.9. The second-order valence-corrected chi connectivity index (χ2v) is 3.67. The summed E-state index contributed by atoms with van der Waals surface area (Å²) in [4.78, 5) is 21.7. The maximum absolute atomic E-state index is 10.9. The number of carbonyl (C=O) groups is 2. The molecule has 0 aliphatic carbocycles. The van der Waals surface area contributed by atoms with Gasteiger partial charge < -0.3 is 20.5 Å². The number of aromatic nitrogens is 2. The number of carbonyl (C=O) groups excluding carboxylic acids is 1. The zero-order valence-corrected chi connectivity index (χ0v) is 10.4. The van der Waals surface area contributed by atoms with Gasteiger partial charge in [-0.15, -0.1) is 0 Å². The second kappa shape index (κ2) is 5.89. The number of aliphatic carboxylic acids is 1. The molecule has 0 saturated carbocycles. The Labute approximate surface area is 104 Å². The molecule has 18 heavy (non-hydrogen) atoms. The minimum Gasteiger partial charge on any atom is -0.481 e. The molecule has 100 valence electrons. The van der Waals surface area contributed by atoms with Crippen molar-refractivity contribution in [2.75, 3.05) is 19.0 Å². The van der Waals surface area contributed by atoms with E-state index >= 15 is 0 Å². The quantitative estimate of drug-likeness (QED) is 0.629. The molecule has 1 atom stereocenters. The SMILES string of the molecule is COc1cc(NCC(NC(C)=O)C(=O)O)nn1C. The second-order valence-electron chi connectivity index (χ2n) is 3.67. The number of carboxylic acid groups (broad SMARTS) is 1. The van der Waals surface area contributed by atoms with Crippen molar-refractivity contribution in [2.45, 2.75) is 13.0 Å². The largest absolute Gasteiger partial charge is 0.481 e. The van der Waals surface area contributed by atoms with Crippen LogP contribution >= 0.6 is 0 Å². The number of nitrogens with zero attached hydrogens (tertiary/aromatic N) is 2. The first-order chi connectivity index (χ1) is 8.43. The lowest BCUT2D eigenvalue weighted by atomic mass is 10.3.